The molecule has 0 aliphatic carbocycles. The molecule has 24 heavy (non-hydrogen) atoms. The molecule has 2 aromatic rings. The topological polar surface area (TPSA) is 83.7 Å². The van der Waals surface area contributed by atoms with Gasteiger partial charge in [-0.3, -0.25) is 14.9 Å². The van der Waals surface area contributed by atoms with Crippen LogP contribution in [-0.2, 0) is 6.54 Å². The molecule has 0 spiro atoms. The first kappa shape index (κ1) is 18.3. The molecule has 126 valence electrons. The summed E-state index contributed by atoms with van der Waals surface area (Å²) in [5.41, 5.74) is -0.0334. The van der Waals surface area contributed by atoms with Crippen molar-refractivity contribution < 1.29 is 14.8 Å². The normalized spacial score (nSPS) is 10.5. The van der Waals surface area contributed by atoms with Crippen molar-refractivity contribution in [3.63, 3.8) is 0 Å². The number of rotatable bonds is 4. The lowest BCUT2D eigenvalue weighted by atomic mass is 10.1. The number of phenolic OH excluding ortho intramolecular Hbond substituents is 1. The molecule has 9 heteroatoms. The van der Waals surface area contributed by atoms with E-state index in [1.807, 2.05) is 0 Å². The van der Waals surface area contributed by atoms with Gasteiger partial charge < -0.3 is 10.0 Å². The van der Waals surface area contributed by atoms with Crippen molar-refractivity contribution in [2.45, 2.75) is 6.54 Å². The van der Waals surface area contributed by atoms with Crippen molar-refractivity contribution in [2.75, 3.05) is 7.05 Å². The summed E-state index contributed by atoms with van der Waals surface area (Å²) in [4.78, 5) is 24.3. The molecule has 1 amide bonds. The Morgan fingerprint density at radius 1 is 1.25 bits per heavy atom. The van der Waals surface area contributed by atoms with Gasteiger partial charge in [0.2, 0.25) is 0 Å². The third-order valence-electron chi connectivity index (χ3n) is 3.30. The molecular weight excluding hydrogens is 379 g/mol. The van der Waals surface area contributed by atoms with E-state index >= 15 is 0 Å². The second-order valence-corrected chi connectivity index (χ2v) is 6.12. The molecule has 1 N–H and O–H groups in total. The van der Waals surface area contributed by atoms with E-state index in [0.29, 0.717) is 5.56 Å². The molecule has 0 aliphatic heterocycles. The van der Waals surface area contributed by atoms with Gasteiger partial charge in [-0.15, -0.1) is 0 Å². The highest BCUT2D eigenvalue weighted by atomic mass is 35.5. The molecule has 0 atom stereocenters. The van der Waals surface area contributed by atoms with Gasteiger partial charge in [-0.25, -0.2) is 0 Å². The van der Waals surface area contributed by atoms with E-state index in [2.05, 4.69) is 0 Å². The van der Waals surface area contributed by atoms with Crippen LogP contribution in [0.25, 0.3) is 0 Å². The van der Waals surface area contributed by atoms with Gasteiger partial charge in [0, 0.05) is 18.7 Å². The van der Waals surface area contributed by atoms with Crippen molar-refractivity contribution in [3.8, 4) is 5.75 Å². The summed E-state index contributed by atoms with van der Waals surface area (Å²) in [6, 6.07) is 7.26. The van der Waals surface area contributed by atoms with Crippen LogP contribution >= 0.6 is 34.8 Å². The molecule has 0 heterocycles. The first-order chi connectivity index (χ1) is 11.2. The van der Waals surface area contributed by atoms with Crippen LogP contribution in [0.1, 0.15) is 15.9 Å². The van der Waals surface area contributed by atoms with Crippen molar-refractivity contribution in [2.24, 2.45) is 0 Å². The monoisotopic (exact) mass is 388 g/mol. The van der Waals surface area contributed by atoms with Gasteiger partial charge in [-0.2, -0.15) is 0 Å². The highest BCUT2D eigenvalue weighted by Gasteiger charge is 2.25. The first-order valence-corrected chi connectivity index (χ1v) is 7.71. The Balaban J connectivity index is 2.37. The fourth-order valence-electron chi connectivity index (χ4n) is 2.12. The van der Waals surface area contributed by atoms with Crippen molar-refractivity contribution in [1.82, 2.24) is 4.90 Å². The largest absolute Gasteiger partial charge is 0.505 e. The van der Waals surface area contributed by atoms with Gasteiger partial charge in [-0.1, -0.05) is 53.0 Å². The maximum absolute atomic E-state index is 12.6. The smallest absolute Gasteiger partial charge is 0.274 e. The van der Waals surface area contributed by atoms with Crippen molar-refractivity contribution in [3.05, 3.63) is 66.6 Å². The SMILES string of the molecule is CN(Cc1ccccc1[N+](=O)[O-])C(=O)c1c(O)c(Cl)cc(Cl)c1Cl. The number of nitro benzene ring substituents is 1. The highest BCUT2D eigenvalue weighted by molar-refractivity contribution is 6.45. The minimum atomic E-state index is -0.667. The maximum Gasteiger partial charge on any atom is 0.274 e. The molecule has 0 bridgehead atoms. The number of hydrogen-bond acceptors (Lipinski definition) is 4. The summed E-state index contributed by atoms with van der Waals surface area (Å²) in [5.74, 6) is -1.16. The van der Waals surface area contributed by atoms with E-state index in [1.165, 1.54) is 36.2 Å². The van der Waals surface area contributed by atoms with Gasteiger partial charge in [0.05, 0.1) is 26.5 Å². The van der Waals surface area contributed by atoms with Gasteiger partial charge >= 0.3 is 0 Å². The predicted octanol–water partition coefficient (Wildman–Crippen LogP) is 4.53. The lowest BCUT2D eigenvalue weighted by Crippen LogP contribution is -2.27. The molecular formula is C15H11Cl3N2O4. The van der Waals surface area contributed by atoms with Crippen LogP contribution in [0.3, 0.4) is 0 Å². The average molecular weight is 390 g/mol. The fourth-order valence-corrected chi connectivity index (χ4v) is 2.81. The number of para-hydroxylation sites is 1. The second-order valence-electron chi connectivity index (χ2n) is 4.92. The molecule has 0 aromatic heterocycles. The molecule has 2 aromatic carbocycles. The van der Waals surface area contributed by atoms with E-state index in [9.17, 15) is 20.0 Å². The zero-order valence-corrected chi connectivity index (χ0v) is 14.6. The average Bonchev–Trinajstić information content (AvgIpc) is 2.53. The summed E-state index contributed by atoms with van der Waals surface area (Å²) < 4.78 is 0. The molecule has 0 fully saturated rings. The first-order valence-electron chi connectivity index (χ1n) is 6.58. The number of carbonyl (C=O) groups is 1. The summed E-state index contributed by atoms with van der Waals surface area (Å²) in [6.07, 6.45) is 0. The molecule has 0 radical (unpaired) electrons. The number of nitrogens with zero attached hydrogens (tertiary/aromatic N) is 2. The Labute approximate surface area is 152 Å². The molecule has 0 unspecified atom stereocenters. The third kappa shape index (κ3) is 3.56. The van der Waals surface area contributed by atoms with Gasteiger partial charge in [0.15, 0.2) is 0 Å². The van der Waals surface area contributed by atoms with Crippen molar-refractivity contribution >= 4 is 46.4 Å². The Morgan fingerprint density at radius 3 is 2.50 bits per heavy atom. The number of phenols is 1. The van der Waals surface area contributed by atoms with Crippen LogP contribution in [0.2, 0.25) is 15.1 Å². The Bertz CT molecular complexity index is 800. The summed E-state index contributed by atoms with van der Waals surface area (Å²) in [6.45, 7) is -0.0596. The maximum atomic E-state index is 12.6. The van der Waals surface area contributed by atoms with E-state index in [1.54, 1.807) is 6.07 Å². The minimum Gasteiger partial charge on any atom is -0.505 e. The van der Waals surface area contributed by atoms with Crippen molar-refractivity contribution in [1.29, 1.82) is 0 Å². The molecule has 2 rings (SSSR count). The predicted molar refractivity (Wildman–Crippen MR) is 92.0 cm³/mol. The van der Waals surface area contributed by atoms with E-state index < -0.39 is 16.6 Å². The van der Waals surface area contributed by atoms with E-state index in [-0.39, 0.29) is 32.9 Å². The lowest BCUT2D eigenvalue weighted by Gasteiger charge is -2.19. The quantitative estimate of drug-likeness (QED) is 0.473. The lowest BCUT2D eigenvalue weighted by molar-refractivity contribution is -0.385. The van der Waals surface area contributed by atoms with Gasteiger partial charge in [-0.05, 0) is 6.07 Å². The number of nitro groups is 1. The van der Waals surface area contributed by atoms with Crippen LogP contribution in [0.4, 0.5) is 5.69 Å². The summed E-state index contributed by atoms with van der Waals surface area (Å²) in [7, 11) is 1.42. The molecule has 0 aliphatic rings. The van der Waals surface area contributed by atoms with Crippen LogP contribution in [0.15, 0.2) is 30.3 Å². The highest BCUT2D eigenvalue weighted by Crippen LogP contribution is 2.39. The van der Waals surface area contributed by atoms with Crippen LogP contribution in [0.5, 0.6) is 5.75 Å². The fraction of sp³-hybridized carbons (Fsp3) is 0.133. The molecule has 6 nitrogen and oxygen atoms in total. The summed E-state index contributed by atoms with van der Waals surface area (Å²) in [5, 5.41) is 20.8. The molecule has 0 saturated carbocycles. The Hall–Kier alpha value is -2.02. The number of halogens is 3. The standard InChI is InChI=1S/C15H11Cl3N2O4/c1-19(7-8-4-2-3-5-11(8)20(23)24)15(22)12-13(18)9(16)6-10(17)14(12)21/h2-6,21H,7H2,1H3. The number of aromatic hydroxyl groups is 1. The number of hydrogen-bond donors (Lipinski definition) is 1. The van der Waals surface area contributed by atoms with Gasteiger partial charge in [0.1, 0.15) is 11.3 Å². The zero-order valence-electron chi connectivity index (χ0n) is 12.3. The number of amides is 1. The van der Waals surface area contributed by atoms with Crippen LogP contribution in [0, 0.1) is 10.1 Å². The number of carbonyl (C=O) groups excluding carboxylic acids is 1. The third-order valence-corrected chi connectivity index (χ3v) is 4.38. The minimum absolute atomic E-state index is 0.0157. The Kier molecular flexibility index (Phi) is 5.54. The number of benzene rings is 2. The van der Waals surface area contributed by atoms with E-state index in [4.69, 9.17) is 34.8 Å². The zero-order chi connectivity index (χ0) is 18.0. The van der Waals surface area contributed by atoms with Crippen LogP contribution < -0.4 is 0 Å². The Morgan fingerprint density at radius 2 is 1.88 bits per heavy atom. The van der Waals surface area contributed by atoms with Gasteiger partial charge in [0.25, 0.3) is 11.6 Å². The molecule has 0 saturated heterocycles. The second kappa shape index (κ2) is 7.25. The van der Waals surface area contributed by atoms with E-state index in [0.717, 1.165) is 0 Å². The van der Waals surface area contributed by atoms with Crippen LogP contribution in [-0.4, -0.2) is 27.9 Å². The summed E-state index contributed by atoms with van der Waals surface area (Å²) >= 11 is 17.7.